The topological polar surface area (TPSA) is 72.2 Å². The Morgan fingerprint density at radius 2 is 1.44 bits per heavy atom. The molecule has 0 aliphatic heterocycles. The van der Waals surface area contributed by atoms with Gasteiger partial charge in [-0.1, -0.05) is 67.1 Å². The van der Waals surface area contributed by atoms with Gasteiger partial charge in [-0.15, -0.1) is 0 Å². The Kier molecular flexibility index (Phi) is 10.1. The van der Waals surface area contributed by atoms with E-state index in [-0.39, 0.29) is 5.91 Å². The lowest BCUT2D eigenvalue weighted by molar-refractivity contribution is -0.126. The number of benzene rings is 2. The normalized spacial score (nSPS) is 11.0. The number of hydrogen-bond acceptors (Lipinski definition) is 3. The van der Waals surface area contributed by atoms with Crippen molar-refractivity contribution >= 4 is 24.4 Å². The van der Waals surface area contributed by atoms with Gasteiger partial charge >= 0.3 is 0 Å². The van der Waals surface area contributed by atoms with Crippen molar-refractivity contribution in [3.63, 3.8) is 0 Å². The number of rotatable bonds is 7. The van der Waals surface area contributed by atoms with Crippen LogP contribution in [-0.2, 0) is 9.59 Å². The molecule has 0 saturated heterocycles. The summed E-state index contributed by atoms with van der Waals surface area (Å²) in [6.07, 6.45) is 2.36. The minimum Gasteiger partial charge on any atom is -0.368 e. The van der Waals surface area contributed by atoms with E-state index in [9.17, 15) is 9.59 Å². The average Bonchev–Trinajstić information content (AvgIpc) is 2.63. The van der Waals surface area contributed by atoms with Gasteiger partial charge in [0.15, 0.2) is 0 Å². The molecule has 0 spiro atoms. The second kappa shape index (κ2) is 12.1. The molecule has 3 N–H and O–H groups in total. The third-order valence-electron chi connectivity index (χ3n) is 3.50. The van der Waals surface area contributed by atoms with Crippen molar-refractivity contribution in [2.45, 2.75) is 32.2 Å². The number of carbonyl (C=O) groups is 2. The molecule has 1 unspecified atom stereocenters. The standard InChI is InChI=1S/C12H10.C8H16N2O2S/c1-3-7-11(8-4-1)12-9-5-2-6-10-12;1-6(11)10-7(8(9)12)4-2-3-5-13/h1-10H;7,13H,2-5H2,1H3,(H2,9,12)(H,10,11). The van der Waals surface area contributed by atoms with Crippen LogP contribution in [0.2, 0.25) is 0 Å². The fourth-order valence-electron chi connectivity index (χ4n) is 2.25. The lowest BCUT2D eigenvalue weighted by Crippen LogP contribution is -2.43. The van der Waals surface area contributed by atoms with Gasteiger partial charge in [-0.3, -0.25) is 9.59 Å². The Labute approximate surface area is 155 Å². The van der Waals surface area contributed by atoms with Crippen LogP contribution in [-0.4, -0.2) is 23.6 Å². The predicted octanol–water partition coefficient (Wildman–Crippen LogP) is 3.43. The van der Waals surface area contributed by atoms with Crippen molar-refractivity contribution < 1.29 is 9.59 Å². The Morgan fingerprint density at radius 1 is 0.960 bits per heavy atom. The molecule has 134 valence electrons. The summed E-state index contributed by atoms with van der Waals surface area (Å²) in [4.78, 5) is 21.5. The molecular weight excluding hydrogens is 332 g/mol. The van der Waals surface area contributed by atoms with Crippen LogP contribution in [0.5, 0.6) is 0 Å². The van der Waals surface area contributed by atoms with Gasteiger partial charge in [-0.05, 0) is 29.7 Å². The summed E-state index contributed by atoms with van der Waals surface area (Å²) in [6.45, 7) is 1.37. The zero-order valence-electron chi connectivity index (χ0n) is 14.5. The third-order valence-corrected chi connectivity index (χ3v) is 3.82. The van der Waals surface area contributed by atoms with E-state index in [1.54, 1.807) is 0 Å². The van der Waals surface area contributed by atoms with Crippen LogP contribution in [0.15, 0.2) is 60.7 Å². The fourth-order valence-corrected chi connectivity index (χ4v) is 2.48. The van der Waals surface area contributed by atoms with Crippen molar-refractivity contribution in [1.82, 2.24) is 5.32 Å². The summed E-state index contributed by atoms with van der Waals surface area (Å²) in [5.74, 6) is 0.0787. The van der Waals surface area contributed by atoms with Crippen LogP contribution in [0.1, 0.15) is 26.2 Å². The van der Waals surface area contributed by atoms with Gasteiger partial charge in [0, 0.05) is 6.92 Å². The van der Waals surface area contributed by atoms with Crippen LogP contribution in [0, 0.1) is 0 Å². The Bertz CT molecular complexity index is 595. The summed E-state index contributed by atoms with van der Waals surface area (Å²) in [6, 6.07) is 20.3. The van der Waals surface area contributed by atoms with Crippen LogP contribution >= 0.6 is 12.6 Å². The second-order valence-corrected chi connectivity index (χ2v) is 6.05. The molecule has 0 radical (unpaired) electrons. The molecular formula is C20H26N2O2S. The zero-order valence-corrected chi connectivity index (χ0v) is 15.4. The summed E-state index contributed by atoms with van der Waals surface area (Å²) < 4.78 is 0. The van der Waals surface area contributed by atoms with Crippen LogP contribution < -0.4 is 11.1 Å². The molecule has 4 nitrogen and oxygen atoms in total. The first-order chi connectivity index (χ1) is 12.0. The SMILES string of the molecule is CC(=O)NC(CCCCS)C(N)=O.c1ccc(-c2ccccc2)cc1. The summed E-state index contributed by atoms with van der Waals surface area (Å²) in [7, 11) is 0. The van der Waals surface area contributed by atoms with E-state index >= 15 is 0 Å². The lowest BCUT2D eigenvalue weighted by Gasteiger charge is -2.13. The quantitative estimate of drug-likeness (QED) is 0.524. The molecule has 1 atom stereocenters. The molecule has 0 bridgehead atoms. The van der Waals surface area contributed by atoms with E-state index < -0.39 is 11.9 Å². The number of thiol groups is 1. The molecule has 25 heavy (non-hydrogen) atoms. The molecule has 0 heterocycles. The van der Waals surface area contributed by atoms with Gasteiger partial charge in [0.2, 0.25) is 11.8 Å². The highest BCUT2D eigenvalue weighted by atomic mass is 32.1. The van der Waals surface area contributed by atoms with Crippen molar-refractivity contribution in [3.8, 4) is 11.1 Å². The van der Waals surface area contributed by atoms with E-state index in [4.69, 9.17) is 5.73 Å². The minimum atomic E-state index is -0.530. The first kappa shape index (κ1) is 20.8. The van der Waals surface area contributed by atoms with Gasteiger partial charge in [0.25, 0.3) is 0 Å². The average molecular weight is 359 g/mol. The maximum absolute atomic E-state index is 10.8. The Hall–Kier alpha value is -2.27. The Balaban J connectivity index is 0.000000250. The summed E-state index contributed by atoms with van der Waals surface area (Å²) >= 11 is 4.04. The molecule has 0 aromatic heterocycles. The lowest BCUT2D eigenvalue weighted by atomic mass is 10.1. The monoisotopic (exact) mass is 358 g/mol. The number of primary amides is 1. The molecule has 2 amide bonds. The number of hydrogen-bond donors (Lipinski definition) is 3. The molecule has 0 fully saturated rings. The number of unbranched alkanes of at least 4 members (excludes halogenated alkanes) is 1. The van der Waals surface area contributed by atoms with E-state index in [1.807, 2.05) is 12.1 Å². The number of nitrogens with two attached hydrogens (primary N) is 1. The van der Waals surface area contributed by atoms with Crippen molar-refractivity contribution in [1.29, 1.82) is 0 Å². The molecule has 2 aromatic carbocycles. The summed E-state index contributed by atoms with van der Waals surface area (Å²) in [5, 5.41) is 2.50. The van der Waals surface area contributed by atoms with E-state index in [2.05, 4.69) is 66.5 Å². The minimum absolute atomic E-state index is 0.227. The first-order valence-corrected chi connectivity index (χ1v) is 8.95. The highest BCUT2D eigenvalue weighted by Crippen LogP contribution is 2.17. The van der Waals surface area contributed by atoms with Crippen LogP contribution in [0.25, 0.3) is 11.1 Å². The van der Waals surface area contributed by atoms with Crippen molar-refractivity contribution in [2.75, 3.05) is 5.75 Å². The zero-order chi connectivity index (χ0) is 18.5. The van der Waals surface area contributed by atoms with Gasteiger partial charge in [-0.25, -0.2) is 0 Å². The van der Waals surface area contributed by atoms with Crippen LogP contribution in [0.3, 0.4) is 0 Å². The smallest absolute Gasteiger partial charge is 0.239 e. The molecule has 0 saturated carbocycles. The Morgan fingerprint density at radius 3 is 1.80 bits per heavy atom. The van der Waals surface area contributed by atoms with Crippen molar-refractivity contribution in [3.05, 3.63) is 60.7 Å². The van der Waals surface area contributed by atoms with E-state index in [0.717, 1.165) is 18.6 Å². The van der Waals surface area contributed by atoms with Gasteiger partial charge < -0.3 is 11.1 Å². The predicted molar refractivity (Wildman–Crippen MR) is 106 cm³/mol. The third kappa shape index (κ3) is 8.96. The van der Waals surface area contributed by atoms with Gasteiger partial charge in [0.05, 0.1) is 0 Å². The largest absolute Gasteiger partial charge is 0.368 e. The highest BCUT2D eigenvalue weighted by molar-refractivity contribution is 7.80. The number of carbonyl (C=O) groups excluding carboxylic acids is 2. The van der Waals surface area contributed by atoms with E-state index in [1.165, 1.54) is 18.1 Å². The first-order valence-electron chi connectivity index (χ1n) is 8.32. The molecule has 2 aromatic rings. The maximum atomic E-state index is 10.8. The highest BCUT2D eigenvalue weighted by Gasteiger charge is 2.14. The summed E-state index contributed by atoms with van der Waals surface area (Å²) in [5.41, 5.74) is 7.65. The maximum Gasteiger partial charge on any atom is 0.239 e. The molecule has 0 aliphatic rings. The molecule has 2 rings (SSSR count). The molecule has 5 heteroatoms. The van der Waals surface area contributed by atoms with Gasteiger partial charge in [0.1, 0.15) is 6.04 Å². The number of amides is 2. The van der Waals surface area contributed by atoms with Gasteiger partial charge in [-0.2, -0.15) is 12.6 Å². The number of nitrogens with one attached hydrogen (secondary N) is 1. The van der Waals surface area contributed by atoms with E-state index in [0.29, 0.717) is 6.42 Å². The second-order valence-electron chi connectivity index (χ2n) is 5.61. The van der Waals surface area contributed by atoms with Crippen molar-refractivity contribution in [2.24, 2.45) is 5.73 Å². The van der Waals surface area contributed by atoms with Crippen LogP contribution in [0.4, 0.5) is 0 Å². The molecule has 0 aliphatic carbocycles. The fraction of sp³-hybridized carbons (Fsp3) is 0.300.